The molecule has 1 fully saturated rings. The molecular formula is C12H21N5O. The SMILES string of the molecule is CC(C)C(=O)Nc1nc(C2CCNCC2)nn1C. The molecule has 0 aromatic carbocycles. The number of hydrogen-bond acceptors (Lipinski definition) is 4. The topological polar surface area (TPSA) is 71.8 Å². The average Bonchev–Trinajstić information content (AvgIpc) is 2.72. The maximum absolute atomic E-state index is 11.6. The number of amides is 1. The van der Waals surface area contributed by atoms with E-state index in [2.05, 4.69) is 20.7 Å². The van der Waals surface area contributed by atoms with E-state index < -0.39 is 0 Å². The normalized spacial score (nSPS) is 17.1. The summed E-state index contributed by atoms with van der Waals surface area (Å²) in [5.41, 5.74) is 0. The molecule has 1 aromatic rings. The van der Waals surface area contributed by atoms with Crippen molar-refractivity contribution in [2.24, 2.45) is 13.0 Å². The first-order chi connectivity index (χ1) is 8.58. The second kappa shape index (κ2) is 5.48. The van der Waals surface area contributed by atoms with Gasteiger partial charge < -0.3 is 5.32 Å². The molecule has 18 heavy (non-hydrogen) atoms. The van der Waals surface area contributed by atoms with Crippen LogP contribution < -0.4 is 10.6 Å². The molecule has 6 nitrogen and oxygen atoms in total. The summed E-state index contributed by atoms with van der Waals surface area (Å²) >= 11 is 0. The van der Waals surface area contributed by atoms with E-state index in [1.807, 2.05) is 20.9 Å². The van der Waals surface area contributed by atoms with Crippen molar-refractivity contribution in [2.45, 2.75) is 32.6 Å². The van der Waals surface area contributed by atoms with E-state index in [-0.39, 0.29) is 11.8 Å². The minimum Gasteiger partial charge on any atom is -0.317 e. The zero-order valence-electron chi connectivity index (χ0n) is 11.2. The van der Waals surface area contributed by atoms with Gasteiger partial charge in [0.25, 0.3) is 0 Å². The van der Waals surface area contributed by atoms with E-state index in [1.165, 1.54) is 0 Å². The fourth-order valence-corrected chi connectivity index (χ4v) is 2.02. The second-order valence-corrected chi connectivity index (χ2v) is 5.09. The smallest absolute Gasteiger partial charge is 0.229 e. The van der Waals surface area contributed by atoms with Gasteiger partial charge in [-0.15, -0.1) is 0 Å². The number of rotatable bonds is 3. The summed E-state index contributed by atoms with van der Waals surface area (Å²) in [4.78, 5) is 16.1. The molecule has 0 aliphatic carbocycles. The maximum Gasteiger partial charge on any atom is 0.229 e. The Kier molecular flexibility index (Phi) is 3.96. The maximum atomic E-state index is 11.6. The lowest BCUT2D eigenvalue weighted by Gasteiger charge is -2.19. The molecular weight excluding hydrogens is 230 g/mol. The lowest BCUT2D eigenvalue weighted by Crippen LogP contribution is -2.27. The van der Waals surface area contributed by atoms with Crippen LogP contribution in [0.2, 0.25) is 0 Å². The Hall–Kier alpha value is -1.43. The van der Waals surface area contributed by atoms with Crippen molar-refractivity contribution in [3.63, 3.8) is 0 Å². The molecule has 2 N–H and O–H groups in total. The van der Waals surface area contributed by atoms with Crippen LogP contribution in [0, 0.1) is 5.92 Å². The minimum absolute atomic E-state index is 0.0256. The molecule has 0 radical (unpaired) electrons. The van der Waals surface area contributed by atoms with Gasteiger partial charge in [0.15, 0.2) is 5.82 Å². The third kappa shape index (κ3) is 2.87. The summed E-state index contributed by atoms with van der Waals surface area (Å²) in [5.74, 6) is 1.72. The standard InChI is InChI=1S/C12H21N5O/c1-8(2)11(18)15-12-14-10(16-17(12)3)9-4-6-13-7-5-9/h8-9,13H,4-7H2,1-3H3,(H,14,15,16,18). The quantitative estimate of drug-likeness (QED) is 0.836. The van der Waals surface area contributed by atoms with E-state index in [0.717, 1.165) is 31.8 Å². The summed E-state index contributed by atoms with van der Waals surface area (Å²) in [6.45, 7) is 5.74. The van der Waals surface area contributed by atoms with Crippen molar-refractivity contribution in [2.75, 3.05) is 18.4 Å². The molecule has 1 amide bonds. The minimum atomic E-state index is -0.0518. The highest BCUT2D eigenvalue weighted by molar-refractivity contribution is 5.90. The molecule has 2 rings (SSSR count). The number of piperidine rings is 1. The Morgan fingerprint density at radius 1 is 1.44 bits per heavy atom. The van der Waals surface area contributed by atoms with Gasteiger partial charge in [0, 0.05) is 18.9 Å². The Balaban J connectivity index is 2.08. The van der Waals surface area contributed by atoms with Gasteiger partial charge in [-0.2, -0.15) is 10.1 Å². The zero-order chi connectivity index (χ0) is 13.1. The van der Waals surface area contributed by atoms with Gasteiger partial charge in [0.1, 0.15) is 0 Å². The van der Waals surface area contributed by atoms with Crippen molar-refractivity contribution in [1.82, 2.24) is 20.1 Å². The fourth-order valence-electron chi connectivity index (χ4n) is 2.02. The van der Waals surface area contributed by atoms with E-state index in [4.69, 9.17) is 0 Å². The first-order valence-electron chi connectivity index (χ1n) is 6.50. The van der Waals surface area contributed by atoms with E-state index in [9.17, 15) is 4.79 Å². The number of anilines is 1. The Morgan fingerprint density at radius 2 is 2.11 bits per heavy atom. The van der Waals surface area contributed by atoms with Crippen LogP contribution in [0.1, 0.15) is 38.4 Å². The molecule has 0 atom stereocenters. The molecule has 100 valence electrons. The van der Waals surface area contributed by atoms with Crippen LogP contribution in [0.4, 0.5) is 5.95 Å². The van der Waals surface area contributed by atoms with Crippen LogP contribution in [0.15, 0.2) is 0 Å². The van der Waals surface area contributed by atoms with Crippen molar-refractivity contribution < 1.29 is 4.79 Å². The van der Waals surface area contributed by atoms with Gasteiger partial charge in [-0.3, -0.25) is 10.1 Å². The lowest BCUT2D eigenvalue weighted by molar-refractivity contribution is -0.118. The Bertz CT molecular complexity index is 420. The number of hydrogen-bond donors (Lipinski definition) is 2. The predicted octanol–water partition coefficient (Wildman–Crippen LogP) is 0.877. The molecule has 1 aliphatic rings. The van der Waals surface area contributed by atoms with Gasteiger partial charge in [0.05, 0.1) is 0 Å². The van der Waals surface area contributed by atoms with E-state index >= 15 is 0 Å². The number of carbonyl (C=O) groups is 1. The van der Waals surface area contributed by atoms with Crippen molar-refractivity contribution in [3.8, 4) is 0 Å². The number of nitrogens with zero attached hydrogens (tertiary/aromatic N) is 3. The molecule has 0 bridgehead atoms. The number of nitrogens with one attached hydrogen (secondary N) is 2. The lowest BCUT2D eigenvalue weighted by atomic mass is 9.98. The van der Waals surface area contributed by atoms with Crippen LogP contribution >= 0.6 is 0 Å². The average molecular weight is 251 g/mol. The van der Waals surface area contributed by atoms with Crippen molar-refractivity contribution in [1.29, 1.82) is 0 Å². The highest BCUT2D eigenvalue weighted by Crippen LogP contribution is 2.23. The first kappa shape index (κ1) is 13.0. The largest absolute Gasteiger partial charge is 0.317 e. The highest BCUT2D eigenvalue weighted by Gasteiger charge is 2.21. The first-order valence-corrected chi connectivity index (χ1v) is 6.50. The Morgan fingerprint density at radius 3 is 2.72 bits per heavy atom. The van der Waals surface area contributed by atoms with Gasteiger partial charge in [-0.05, 0) is 25.9 Å². The zero-order valence-corrected chi connectivity index (χ0v) is 11.2. The van der Waals surface area contributed by atoms with Crippen molar-refractivity contribution >= 4 is 11.9 Å². The van der Waals surface area contributed by atoms with Gasteiger partial charge in [-0.25, -0.2) is 4.68 Å². The molecule has 6 heteroatoms. The fraction of sp³-hybridized carbons (Fsp3) is 0.750. The molecule has 0 saturated carbocycles. The molecule has 0 spiro atoms. The monoisotopic (exact) mass is 251 g/mol. The molecule has 1 saturated heterocycles. The van der Waals surface area contributed by atoms with Crippen LogP contribution in [-0.4, -0.2) is 33.8 Å². The van der Waals surface area contributed by atoms with Crippen LogP contribution in [0.25, 0.3) is 0 Å². The highest BCUT2D eigenvalue weighted by atomic mass is 16.2. The second-order valence-electron chi connectivity index (χ2n) is 5.09. The molecule has 1 aromatic heterocycles. The summed E-state index contributed by atoms with van der Waals surface area (Å²) in [6.07, 6.45) is 2.11. The van der Waals surface area contributed by atoms with Gasteiger partial charge in [0.2, 0.25) is 11.9 Å². The van der Waals surface area contributed by atoms with E-state index in [1.54, 1.807) is 4.68 Å². The predicted molar refractivity (Wildman–Crippen MR) is 69.3 cm³/mol. The van der Waals surface area contributed by atoms with Crippen LogP contribution in [-0.2, 0) is 11.8 Å². The van der Waals surface area contributed by atoms with Gasteiger partial charge in [-0.1, -0.05) is 13.8 Å². The van der Waals surface area contributed by atoms with Gasteiger partial charge >= 0.3 is 0 Å². The molecule has 2 heterocycles. The molecule has 1 aliphatic heterocycles. The third-order valence-corrected chi connectivity index (χ3v) is 3.24. The third-order valence-electron chi connectivity index (χ3n) is 3.24. The summed E-state index contributed by atoms with van der Waals surface area (Å²) < 4.78 is 1.65. The van der Waals surface area contributed by atoms with Crippen LogP contribution in [0.5, 0.6) is 0 Å². The number of aryl methyl sites for hydroxylation is 1. The van der Waals surface area contributed by atoms with Crippen molar-refractivity contribution in [3.05, 3.63) is 5.82 Å². The molecule has 0 unspecified atom stereocenters. The number of aromatic nitrogens is 3. The Labute approximate surface area is 107 Å². The number of carbonyl (C=O) groups excluding carboxylic acids is 1. The summed E-state index contributed by atoms with van der Waals surface area (Å²) in [7, 11) is 1.81. The summed E-state index contributed by atoms with van der Waals surface area (Å²) in [5, 5.41) is 10.5. The van der Waals surface area contributed by atoms with Crippen LogP contribution in [0.3, 0.4) is 0 Å². The van der Waals surface area contributed by atoms with E-state index in [0.29, 0.717) is 11.9 Å². The summed E-state index contributed by atoms with van der Waals surface area (Å²) in [6, 6.07) is 0.